The molecule has 0 aliphatic carbocycles. The third-order valence-corrected chi connectivity index (χ3v) is 3.32. The molecule has 0 spiro atoms. The monoisotopic (exact) mass is 339 g/mol. The van der Waals surface area contributed by atoms with Crippen molar-refractivity contribution < 1.29 is 18.7 Å². The van der Waals surface area contributed by atoms with Crippen molar-refractivity contribution in [3.63, 3.8) is 0 Å². The van der Waals surface area contributed by atoms with Crippen molar-refractivity contribution in [2.45, 2.75) is 19.8 Å². The van der Waals surface area contributed by atoms with Gasteiger partial charge in [-0.1, -0.05) is 25.5 Å². The van der Waals surface area contributed by atoms with Crippen molar-refractivity contribution in [3.05, 3.63) is 65.5 Å². The zero-order chi connectivity index (χ0) is 18.1. The Labute approximate surface area is 146 Å². The summed E-state index contributed by atoms with van der Waals surface area (Å²) >= 11 is 0. The van der Waals surface area contributed by atoms with Gasteiger partial charge in [-0.2, -0.15) is 5.26 Å². The van der Waals surface area contributed by atoms with Gasteiger partial charge in [0.1, 0.15) is 29.0 Å². The molecule has 0 amide bonds. The molecule has 0 fully saturated rings. The molecule has 2 rings (SSSR count). The fourth-order valence-corrected chi connectivity index (χ4v) is 1.96. The minimum atomic E-state index is -0.794. The van der Waals surface area contributed by atoms with Crippen LogP contribution in [-0.2, 0) is 4.79 Å². The number of carbonyl (C=O) groups is 1. The summed E-state index contributed by atoms with van der Waals surface area (Å²) in [4.78, 5) is 12.0. The number of nitrogens with zero attached hydrogens (tertiary/aromatic N) is 1. The van der Waals surface area contributed by atoms with Crippen LogP contribution in [0.5, 0.6) is 11.5 Å². The van der Waals surface area contributed by atoms with E-state index in [0.29, 0.717) is 12.2 Å². The molecule has 2 aromatic carbocycles. The Morgan fingerprint density at radius 2 is 1.76 bits per heavy atom. The molecule has 0 heterocycles. The highest BCUT2D eigenvalue weighted by Gasteiger charge is 2.12. The van der Waals surface area contributed by atoms with Gasteiger partial charge in [0.2, 0.25) is 0 Å². The number of esters is 1. The van der Waals surface area contributed by atoms with E-state index in [0.717, 1.165) is 18.6 Å². The summed E-state index contributed by atoms with van der Waals surface area (Å²) < 4.78 is 23.5. The number of benzene rings is 2. The molecule has 0 bridgehead atoms. The number of halogens is 1. The SMILES string of the molecule is CCCCOc1ccc(/C=C(\C#N)C(=O)Oc2ccc(F)cc2)cc1. The minimum Gasteiger partial charge on any atom is -0.494 e. The zero-order valence-corrected chi connectivity index (χ0v) is 13.9. The second kappa shape index (κ2) is 9.24. The Morgan fingerprint density at radius 1 is 1.12 bits per heavy atom. The van der Waals surface area contributed by atoms with E-state index in [9.17, 15) is 14.4 Å². The van der Waals surface area contributed by atoms with Crippen LogP contribution in [0.4, 0.5) is 4.39 Å². The first-order valence-corrected chi connectivity index (χ1v) is 7.94. The fraction of sp³-hybridized carbons (Fsp3) is 0.200. The largest absolute Gasteiger partial charge is 0.494 e. The molecule has 0 aromatic heterocycles. The molecule has 4 nitrogen and oxygen atoms in total. The van der Waals surface area contributed by atoms with E-state index in [-0.39, 0.29) is 11.3 Å². The number of rotatable bonds is 7. The summed E-state index contributed by atoms with van der Waals surface area (Å²) in [6.07, 6.45) is 3.47. The van der Waals surface area contributed by atoms with Gasteiger partial charge in [-0.15, -0.1) is 0 Å². The highest BCUT2D eigenvalue weighted by Crippen LogP contribution is 2.17. The van der Waals surface area contributed by atoms with Crippen molar-refractivity contribution in [2.24, 2.45) is 0 Å². The Morgan fingerprint density at radius 3 is 2.36 bits per heavy atom. The summed E-state index contributed by atoms with van der Waals surface area (Å²) in [6.45, 7) is 2.74. The number of nitriles is 1. The van der Waals surface area contributed by atoms with E-state index in [1.54, 1.807) is 24.3 Å². The first-order chi connectivity index (χ1) is 12.1. The summed E-state index contributed by atoms with van der Waals surface area (Å²) in [5.41, 5.74) is 0.527. The van der Waals surface area contributed by atoms with Gasteiger partial charge in [0.05, 0.1) is 6.61 Å². The van der Waals surface area contributed by atoms with Crippen LogP contribution in [-0.4, -0.2) is 12.6 Å². The van der Waals surface area contributed by atoms with Gasteiger partial charge < -0.3 is 9.47 Å². The number of carbonyl (C=O) groups excluding carboxylic acids is 1. The van der Waals surface area contributed by atoms with E-state index in [1.165, 1.54) is 30.3 Å². The molecule has 5 heteroatoms. The van der Waals surface area contributed by atoms with Crippen molar-refractivity contribution in [2.75, 3.05) is 6.61 Å². The third kappa shape index (κ3) is 5.78. The van der Waals surface area contributed by atoms with E-state index in [1.807, 2.05) is 6.07 Å². The van der Waals surface area contributed by atoms with Gasteiger partial charge in [0.15, 0.2) is 0 Å². The lowest BCUT2D eigenvalue weighted by Crippen LogP contribution is -2.10. The second-order valence-corrected chi connectivity index (χ2v) is 5.28. The molecule has 0 unspecified atom stereocenters. The number of ether oxygens (including phenoxy) is 2. The predicted molar refractivity (Wildman–Crippen MR) is 92.5 cm³/mol. The molecule has 0 radical (unpaired) electrons. The minimum absolute atomic E-state index is 0.149. The third-order valence-electron chi connectivity index (χ3n) is 3.32. The number of unbranched alkanes of at least 4 members (excludes halogenated alkanes) is 1. The van der Waals surface area contributed by atoms with Gasteiger partial charge in [0.25, 0.3) is 0 Å². The molecule has 0 atom stereocenters. The Balaban J connectivity index is 2.04. The van der Waals surface area contributed by atoms with Gasteiger partial charge >= 0.3 is 5.97 Å². The molecule has 0 saturated heterocycles. The lowest BCUT2D eigenvalue weighted by Gasteiger charge is -2.06. The first kappa shape index (κ1) is 18.2. The van der Waals surface area contributed by atoms with Crippen LogP contribution in [0.3, 0.4) is 0 Å². The van der Waals surface area contributed by atoms with Crippen LogP contribution >= 0.6 is 0 Å². The van der Waals surface area contributed by atoms with E-state index < -0.39 is 11.8 Å². The molecular formula is C20H18FNO3. The van der Waals surface area contributed by atoms with Crippen LogP contribution in [0.15, 0.2) is 54.1 Å². The van der Waals surface area contributed by atoms with Crippen LogP contribution < -0.4 is 9.47 Å². The normalized spacial score (nSPS) is 10.8. The maximum atomic E-state index is 12.9. The second-order valence-electron chi connectivity index (χ2n) is 5.28. The van der Waals surface area contributed by atoms with Gasteiger partial charge in [-0.05, 0) is 54.5 Å². The molecule has 0 aliphatic heterocycles. The van der Waals surface area contributed by atoms with Gasteiger partial charge in [0, 0.05) is 0 Å². The molecule has 0 N–H and O–H groups in total. The molecule has 2 aromatic rings. The molecule has 25 heavy (non-hydrogen) atoms. The fourth-order valence-electron chi connectivity index (χ4n) is 1.96. The Bertz CT molecular complexity index is 774. The van der Waals surface area contributed by atoms with E-state index in [2.05, 4.69) is 6.92 Å². The van der Waals surface area contributed by atoms with Crippen LogP contribution in [0.2, 0.25) is 0 Å². The quantitative estimate of drug-likeness (QED) is 0.245. The maximum Gasteiger partial charge on any atom is 0.354 e. The highest BCUT2D eigenvalue weighted by molar-refractivity contribution is 5.99. The smallest absolute Gasteiger partial charge is 0.354 e. The first-order valence-electron chi connectivity index (χ1n) is 7.94. The average molecular weight is 339 g/mol. The standard InChI is InChI=1S/C20H18FNO3/c1-2-3-12-24-18-8-4-15(5-9-18)13-16(14-22)20(23)25-19-10-6-17(21)7-11-19/h4-11,13H,2-3,12H2,1H3/b16-13+. The highest BCUT2D eigenvalue weighted by atomic mass is 19.1. The maximum absolute atomic E-state index is 12.9. The summed E-state index contributed by atoms with van der Waals surface area (Å²) in [5.74, 6) is -0.320. The van der Waals surface area contributed by atoms with E-state index in [4.69, 9.17) is 9.47 Å². The lowest BCUT2D eigenvalue weighted by atomic mass is 10.1. The average Bonchev–Trinajstić information content (AvgIpc) is 2.63. The van der Waals surface area contributed by atoms with Crippen LogP contribution in [0, 0.1) is 17.1 Å². The van der Waals surface area contributed by atoms with Crippen molar-refractivity contribution in [3.8, 4) is 17.6 Å². The van der Waals surface area contributed by atoms with Crippen molar-refractivity contribution in [1.82, 2.24) is 0 Å². The molecule has 0 saturated carbocycles. The van der Waals surface area contributed by atoms with Crippen molar-refractivity contribution in [1.29, 1.82) is 5.26 Å². The van der Waals surface area contributed by atoms with Gasteiger partial charge in [-0.3, -0.25) is 0 Å². The zero-order valence-electron chi connectivity index (χ0n) is 13.9. The van der Waals surface area contributed by atoms with Crippen molar-refractivity contribution >= 4 is 12.0 Å². The lowest BCUT2D eigenvalue weighted by molar-refractivity contribution is -0.129. The molecular weight excluding hydrogens is 321 g/mol. The van der Waals surface area contributed by atoms with Crippen LogP contribution in [0.25, 0.3) is 6.08 Å². The van der Waals surface area contributed by atoms with Crippen LogP contribution in [0.1, 0.15) is 25.3 Å². The Hall–Kier alpha value is -3.13. The predicted octanol–water partition coefficient (Wildman–Crippen LogP) is 4.52. The van der Waals surface area contributed by atoms with Gasteiger partial charge in [-0.25, -0.2) is 9.18 Å². The summed E-state index contributed by atoms with van der Waals surface area (Å²) in [7, 11) is 0. The summed E-state index contributed by atoms with van der Waals surface area (Å²) in [5, 5.41) is 9.17. The molecule has 0 aliphatic rings. The molecule has 128 valence electrons. The Kier molecular flexibility index (Phi) is 6.73. The topological polar surface area (TPSA) is 59.3 Å². The number of hydrogen-bond donors (Lipinski definition) is 0. The van der Waals surface area contributed by atoms with E-state index >= 15 is 0 Å². The summed E-state index contributed by atoms with van der Waals surface area (Å²) in [6, 6.07) is 13.9. The number of hydrogen-bond acceptors (Lipinski definition) is 4.